The highest BCUT2D eigenvalue weighted by Gasteiger charge is 1.99. The Hall–Kier alpha value is -2.35. The number of anilines is 1. The van der Waals surface area contributed by atoms with Crippen LogP contribution in [0.1, 0.15) is 15.9 Å². The normalized spacial score (nSPS) is 10.5. The number of aryl methyl sites for hydroxylation is 1. The van der Waals surface area contributed by atoms with Gasteiger partial charge in [0.05, 0.1) is 0 Å². The van der Waals surface area contributed by atoms with Gasteiger partial charge < -0.3 is 5.32 Å². The summed E-state index contributed by atoms with van der Waals surface area (Å²) in [5.41, 5.74) is 2.81. The average molecular weight is 237 g/mol. The SMILES string of the molecule is Cc1ccc(C(=O)/C=C\Nc2ccccc2)cc1. The molecule has 2 aromatic rings. The summed E-state index contributed by atoms with van der Waals surface area (Å²) >= 11 is 0. The van der Waals surface area contributed by atoms with E-state index in [2.05, 4.69) is 5.32 Å². The molecule has 0 saturated heterocycles. The Morgan fingerprint density at radius 3 is 2.33 bits per heavy atom. The zero-order valence-corrected chi connectivity index (χ0v) is 10.3. The largest absolute Gasteiger partial charge is 0.362 e. The molecule has 0 unspecified atom stereocenters. The molecule has 18 heavy (non-hydrogen) atoms. The fourth-order valence-electron chi connectivity index (χ4n) is 1.56. The van der Waals surface area contributed by atoms with Crippen LogP contribution in [-0.4, -0.2) is 5.78 Å². The summed E-state index contributed by atoms with van der Waals surface area (Å²) in [7, 11) is 0. The van der Waals surface area contributed by atoms with Gasteiger partial charge in [-0.25, -0.2) is 0 Å². The van der Waals surface area contributed by atoms with E-state index in [0.717, 1.165) is 11.3 Å². The van der Waals surface area contributed by atoms with Crippen molar-refractivity contribution in [1.29, 1.82) is 0 Å². The van der Waals surface area contributed by atoms with Crippen LogP contribution >= 0.6 is 0 Å². The molecule has 0 atom stereocenters. The lowest BCUT2D eigenvalue weighted by molar-refractivity contribution is 0.104. The molecule has 0 heterocycles. The quantitative estimate of drug-likeness (QED) is 0.647. The number of nitrogens with one attached hydrogen (secondary N) is 1. The van der Waals surface area contributed by atoms with E-state index in [1.807, 2.05) is 61.5 Å². The van der Waals surface area contributed by atoms with Gasteiger partial charge in [-0.2, -0.15) is 0 Å². The van der Waals surface area contributed by atoms with Gasteiger partial charge in [0.25, 0.3) is 0 Å². The molecule has 2 nitrogen and oxygen atoms in total. The maximum absolute atomic E-state index is 11.8. The van der Waals surface area contributed by atoms with Crippen LogP contribution in [0.4, 0.5) is 5.69 Å². The number of ketones is 1. The lowest BCUT2D eigenvalue weighted by Gasteiger charge is -1.99. The molecule has 0 aliphatic rings. The van der Waals surface area contributed by atoms with Crippen LogP contribution in [0, 0.1) is 6.92 Å². The van der Waals surface area contributed by atoms with Gasteiger partial charge in [-0.1, -0.05) is 48.0 Å². The second-order valence-electron chi connectivity index (χ2n) is 4.07. The molecule has 2 aromatic carbocycles. The van der Waals surface area contributed by atoms with Crippen molar-refractivity contribution in [2.45, 2.75) is 6.92 Å². The molecule has 0 saturated carbocycles. The number of rotatable bonds is 4. The zero-order valence-electron chi connectivity index (χ0n) is 10.3. The molecule has 0 amide bonds. The first-order chi connectivity index (χ1) is 8.75. The topological polar surface area (TPSA) is 29.1 Å². The highest BCUT2D eigenvalue weighted by molar-refractivity contribution is 6.04. The predicted molar refractivity (Wildman–Crippen MR) is 74.7 cm³/mol. The standard InChI is InChI=1S/C16H15NO/c1-13-7-9-14(10-8-13)16(18)11-12-17-15-5-3-2-4-6-15/h2-12,17H,1H3/b12-11-. The molecule has 2 rings (SSSR count). The van der Waals surface area contributed by atoms with Gasteiger partial charge in [-0.05, 0) is 19.1 Å². The minimum absolute atomic E-state index is 0.00145. The Morgan fingerprint density at radius 2 is 1.67 bits per heavy atom. The Kier molecular flexibility index (Phi) is 3.92. The van der Waals surface area contributed by atoms with Crippen LogP contribution < -0.4 is 5.32 Å². The molecule has 0 bridgehead atoms. The van der Waals surface area contributed by atoms with Crippen LogP contribution in [0.15, 0.2) is 66.9 Å². The molecule has 0 aromatic heterocycles. The first kappa shape index (κ1) is 12.1. The summed E-state index contributed by atoms with van der Waals surface area (Å²) in [6, 6.07) is 17.3. The fourth-order valence-corrected chi connectivity index (χ4v) is 1.56. The summed E-state index contributed by atoms with van der Waals surface area (Å²) < 4.78 is 0. The van der Waals surface area contributed by atoms with Gasteiger partial charge in [0.15, 0.2) is 5.78 Å². The molecule has 1 N–H and O–H groups in total. The van der Waals surface area contributed by atoms with E-state index in [1.54, 1.807) is 6.20 Å². The van der Waals surface area contributed by atoms with E-state index in [1.165, 1.54) is 6.08 Å². The van der Waals surface area contributed by atoms with Crippen molar-refractivity contribution in [3.8, 4) is 0 Å². The van der Waals surface area contributed by atoms with Crippen molar-refractivity contribution in [3.05, 3.63) is 78.0 Å². The van der Waals surface area contributed by atoms with Gasteiger partial charge in [0.2, 0.25) is 0 Å². The molecule has 0 aliphatic heterocycles. The van der Waals surface area contributed by atoms with Crippen LogP contribution in [0.5, 0.6) is 0 Å². The van der Waals surface area contributed by atoms with Crippen LogP contribution in [0.3, 0.4) is 0 Å². The number of allylic oxidation sites excluding steroid dienone is 1. The maximum atomic E-state index is 11.8. The van der Waals surface area contributed by atoms with Crippen LogP contribution in [0.2, 0.25) is 0 Å². The molecule has 0 aliphatic carbocycles. The lowest BCUT2D eigenvalue weighted by Crippen LogP contribution is -1.96. The number of carbonyl (C=O) groups is 1. The Labute approximate surface area is 107 Å². The smallest absolute Gasteiger partial charge is 0.187 e. The summed E-state index contributed by atoms with van der Waals surface area (Å²) in [5.74, 6) is -0.00145. The third-order valence-electron chi connectivity index (χ3n) is 2.59. The first-order valence-electron chi connectivity index (χ1n) is 5.85. The van der Waals surface area contributed by atoms with Gasteiger partial charge in [-0.3, -0.25) is 4.79 Å². The monoisotopic (exact) mass is 237 g/mol. The van der Waals surface area contributed by atoms with Gasteiger partial charge in [0.1, 0.15) is 0 Å². The molecule has 0 radical (unpaired) electrons. The van der Waals surface area contributed by atoms with Crippen molar-refractivity contribution in [2.75, 3.05) is 5.32 Å². The highest BCUT2D eigenvalue weighted by atomic mass is 16.1. The third kappa shape index (κ3) is 3.32. The number of hydrogen-bond donors (Lipinski definition) is 1. The van der Waals surface area contributed by atoms with Crippen molar-refractivity contribution < 1.29 is 4.79 Å². The summed E-state index contributed by atoms with van der Waals surface area (Å²) in [4.78, 5) is 11.8. The Bertz CT molecular complexity index is 541. The number of hydrogen-bond acceptors (Lipinski definition) is 2. The second-order valence-corrected chi connectivity index (χ2v) is 4.07. The number of carbonyl (C=O) groups excluding carboxylic acids is 1. The van der Waals surface area contributed by atoms with E-state index in [-0.39, 0.29) is 5.78 Å². The van der Waals surface area contributed by atoms with Crippen molar-refractivity contribution in [1.82, 2.24) is 0 Å². The average Bonchev–Trinajstić information content (AvgIpc) is 2.40. The second kappa shape index (κ2) is 5.82. The number of para-hydroxylation sites is 1. The van der Waals surface area contributed by atoms with Crippen molar-refractivity contribution in [3.63, 3.8) is 0 Å². The van der Waals surface area contributed by atoms with Crippen LogP contribution in [0.25, 0.3) is 0 Å². The Morgan fingerprint density at radius 1 is 1.00 bits per heavy atom. The van der Waals surface area contributed by atoms with Gasteiger partial charge in [0, 0.05) is 23.5 Å². The lowest BCUT2D eigenvalue weighted by atomic mass is 10.1. The maximum Gasteiger partial charge on any atom is 0.187 e. The highest BCUT2D eigenvalue weighted by Crippen LogP contribution is 2.06. The van der Waals surface area contributed by atoms with E-state index in [0.29, 0.717) is 5.56 Å². The van der Waals surface area contributed by atoms with E-state index in [4.69, 9.17) is 0 Å². The number of benzene rings is 2. The molecule has 2 heteroatoms. The molecule has 0 spiro atoms. The summed E-state index contributed by atoms with van der Waals surface area (Å²) in [6.45, 7) is 2.00. The van der Waals surface area contributed by atoms with E-state index in [9.17, 15) is 4.79 Å². The van der Waals surface area contributed by atoms with Gasteiger partial charge >= 0.3 is 0 Å². The zero-order chi connectivity index (χ0) is 12.8. The fraction of sp³-hybridized carbons (Fsp3) is 0.0625. The minimum Gasteiger partial charge on any atom is -0.362 e. The van der Waals surface area contributed by atoms with E-state index < -0.39 is 0 Å². The van der Waals surface area contributed by atoms with Crippen molar-refractivity contribution in [2.24, 2.45) is 0 Å². The molecule has 0 fully saturated rings. The van der Waals surface area contributed by atoms with E-state index >= 15 is 0 Å². The van der Waals surface area contributed by atoms with Crippen molar-refractivity contribution >= 4 is 11.5 Å². The molecule has 90 valence electrons. The van der Waals surface area contributed by atoms with Gasteiger partial charge in [-0.15, -0.1) is 0 Å². The molecular weight excluding hydrogens is 222 g/mol. The van der Waals surface area contributed by atoms with Crippen LogP contribution in [-0.2, 0) is 0 Å². The molecular formula is C16H15NO. The predicted octanol–water partition coefficient (Wildman–Crippen LogP) is 3.80. The summed E-state index contributed by atoms with van der Waals surface area (Å²) in [6.07, 6.45) is 3.20. The minimum atomic E-state index is -0.00145. The summed E-state index contributed by atoms with van der Waals surface area (Å²) in [5, 5.41) is 3.06. The first-order valence-corrected chi connectivity index (χ1v) is 5.85. The Balaban J connectivity index is 1.97. The third-order valence-corrected chi connectivity index (χ3v) is 2.59.